The highest BCUT2D eigenvalue weighted by atomic mass is 16.6. The van der Waals surface area contributed by atoms with Gasteiger partial charge in [-0.3, -0.25) is 14.9 Å². The first-order valence-electron chi connectivity index (χ1n) is 6.70. The van der Waals surface area contributed by atoms with Crippen LogP contribution in [0.25, 0.3) is 0 Å². The van der Waals surface area contributed by atoms with Crippen molar-refractivity contribution >= 4 is 17.6 Å². The van der Waals surface area contributed by atoms with E-state index in [9.17, 15) is 19.7 Å². The standard InChI is InChI=1S/C13H19N3O5/c1-4-8(3)11(13(18)19)14-12(17)10-6-9(16(20)21)7-15(10)5-2/h6-8,11H,4-5H2,1-3H3,(H,14,17)(H,18,19)/t8-,11-/m0/s1. The number of carbonyl (C=O) groups is 2. The minimum absolute atomic E-state index is 0.0822. The Morgan fingerprint density at radius 2 is 2.10 bits per heavy atom. The van der Waals surface area contributed by atoms with Crippen LogP contribution in [0.3, 0.4) is 0 Å². The fraction of sp³-hybridized carbons (Fsp3) is 0.538. The largest absolute Gasteiger partial charge is 0.480 e. The molecule has 0 saturated heterocycles. The fourth-order valence-corrected chi connectivity index (χ4v) is 1.95. The van der Waals surface area contributed by atoms with Crippen LogP contribution < -0.4 is 5.32 Å². The van der Waals surface area contributed by atoms with E-state index >= 15 is 0 Å². The maximum atomic E-state index is 12.2. The molecule has 116 valence electrons. The number of carboxylic acid groups (broad SMARTS) is 1. The van der Waals surface area contributed by atoms with Gasteiger partial charge in [0.15, 0.2) is 0 Å². The van der Waals surface area contributed by atoms with Gasteiger partial charge in [-0.1, -0.05) is 20.3 Å². The van der Waals surface area contributed by atoms with Gasteiger partial charge < -0.3 is 15.0 Å². The van der Waals surface area contributed by atoms with Crippen molar-refractivity contribution in [1.82, 2.24) is 9.88 Å². The van der Waals surface area contributed by atoms with E-state index in [2.05, 4.69) is 5.32 Å². The number of carbonyl (C=O) groups excluding carboxylic acids is 1. The Balaban J connectivity index is 3.02. The van der Waals surface area contributed by atoms with Crippen LogP contribution in [0, 0.1) is 16.0 Å². The van der Waals surface area contributed by atoms with E-state index in [1.54, 1.807) is 13.8 Å². The van der Waals surface area contributed by atoms with Gasteiger partial charge in [-0.25, -0.2) is 4.79 Å². The quantitative estimate of drug-likeness (QED) is 0.586. The molecule has 1 amide bonds. The van der Waals surface area contributed by atoms with Gasteiger partial charge in [-0.2, -0.15) is 0 Å². The summed E-state index contributed by atoms with van der Waals surface area (Å²) in [6.07, 6.45) is 1.85. The number of aromatic nitrogens is 1. The molecule has 1 rings (SSSR count). The number of nitrogens with zero attached hydrogens (tertiary/aromatic N) is 2. The van der Waals surface area contributed by atoms with Gasteiger partial charge >= 0.3 is 5.97 Å². The smallest absolute Gasteiger partial charge is 0.326 e. The Morgan fingerprint density at radius 3 is 2.52 bits per heavy atom. The molecule has 2 N–H and O–H groups in total. The lowest BCUT2D eigenvalue weighted by Crippen LogP contribution is -2.45. The number of aliphatic carboxylic acids is 1. The zero-order valence-corrected chi connectivity index (χ0v) is 12.2. The van der Waals surface area contributed by atoms with Gasteiger partial charge in [-0.05, 0) is 12.8 Å². The molecule has 0 aliphatic heterocycles. The molecule has 1 aromatic rings. The normalized spacial score (nSPS) is 13.5. The maximum absolute atomic E-state index is 12.2. The summed E-state index contributed by atoms with van der Waals surface area (Å²) >= 11 is 0. The van der Waals surface area contributed by atoms with Gasteiger partial charge in [0.25, 0.3) is 11.6 Å². The maximum Gasteiger partial charge on any atom is 0.326 e. The van der Waals surface area contributed by atoms with Gasteiger partial charge in [-0.15, -0.1) is 0 Å². The summed E-state index contributed by atoms with van der Waals surface area (Å²) in [7, 11) is 0. The zero-order chi connectivity index (χ0) is 16.2. The number of hydrogen-bond donors (Lipinski definition) is 2. The third-order valence-electron chi connectivity index (χ3n) is 3.43. The molecule has 0 spiro atoms. The predicted octanol–water partition coefficient (Wildman–Crippen LogP) is 1.65. The minimum atomic E-state index is -1.12. The SMILES string of the molecule is CC[C@H](C)[C@H](NC(=O)c1cc([N+](=O)[O-])cn1CC)C(=O)O. The van der Waals surface area contributed by atoms with Gasteiger partial charge in [0.05, 0.1) is 11.1 Å². The molecular formula is C13H19N3O5. The van der Waals surface area contributed by atoms with Crippen LogP contribution in [-0.4, -0.2) is 32.5 Å². The molecule has 0 fully saturated rings. The summed E-state index contributed by atoms with van der Waals surface area (Å²) in [5.74, 6) is -1.99. The molecule has 1 heterocycles. The van der Waals surface area contributed by atoms with Crippen LogP contribution >= 0.6 is 0 Å². The third kappa shape index (κ3) is 3.80. The zero-order valence-electron chi connectivity index (χ0n) is 12.2. The molecule has 0 bridgehead atoms. The van der Waals surface area contributed by atoms with Gasteiger partial charge in [0.2, 0.25) is 0 Å². The summed E-state index contributed by atoms with van der Waals surface area (Å²) in [6, 6.07) is 0.121. The van der Waals surface area contributed by atoms with Crippen molar-refractivity contribution in [1.29, 1.82) is 0 Å². The van der Waals surface area contributed by atoms with Crippen molar-refractivity contribution in [2.45, 2.75) is 39.8 Å². The summed E-state index contributed by atoms with van der Waals surface area (Å²) in [6.45, 7) is 5.66. The second-order valence-electron chi connectivity index (χ2n) is 4.80. The van der Waals surface area contributed by atoms with Crippen molar-refractivity contribution < 1.29 is 19.6 Å². The summed E-state index contributed by atoms with van der Waals surface area (Å²) in [4.78, 5) is 33.5. The number of nitrogens with one attached hydrogen (secondary N) is 1. The van der Waals surface area contributed by atoms with E-state index in [1.165, 1.54) is 10.8 Å². The first-order chi connectivity index (χ1) is 9.81. The molecule has 8 nitrogen and oxygen atoms in total. The van der Waals surface area contributed by atoms with Gasteiger partial charge in [0, 0.05) is 12.6 Å². The molecular weight excluding hydrogens is 278 g/mol. The fourth-order valence-electron chi connectivity index (χ4n) is 1.95. The second kappa shape index (κ2) is 6.87. The molecule has 0 radical (unpaired) electrons. The Hall–Kier alpha value is -2.38. The van der Waals surface area contributed by atoms with E-state index in [4.69, 9.17) is 5.11 Å². The van der Waals surface area contributed by atoms with Crippen LogP contribution in [0.4, 0.5) is 5.69 Å². The highest BCUT2D eigenvalue weighted by molar-refractivity contribution is 5.96. The Morgan fingerprint density at radius 1 is 1.48 bits per heavy atom. The van der Waals surface area contributed by atoms with E-state index in [0.29, 0.717) is 13.0 Å². The van der Waals surface area contributed by atoms with E-state index in [-0.39, 0.29) is 17.3 Å². The molecule has 0 saturated carbocycles. The number of nitro groups is 1. The average molecular weight is 297 g/mol. The monoisotopic (exact) mass is 297 g/mol. The molecule has 1 aromatic heterocycles. The third-order valence-corrected chi connectivity index (χ3v) is 3.43. The molecule has 2 atom stereocenters. The van der Waals surface area contributed by atoms with Crippen molar-refractivity contribution in [3.8, 4) is 0 Å². The van der Waals surface area contributed by atoms with Crippen molar-refractivity contribution in [2.24, 2.45) is 5.92 Å². The lowest BCUT2D eigenvalue weighted by molar-refractivity contribution is -0.384. The van der Waals surface area contributed by atoms with Crippen molar-refractivity contribution in [2.75, 3.05) is 0 Å². The van der Waals surface area contributed by atoms with Crippen molar-refractivity contribution in [3.63, 3.8) is 0 Å². The first-order valence-corrected chi connectivity index (χ1v) is 6.70. The molecule has 21 heavy (non-hydrogen) atoms. The molecule has 0 aromatic carbocycles. The number of rotatable bonds is 7. The summed E-state index contributed by atoms with van der Waals surface area (Å²) in [5.41, 5.74) is -0.115. The predicted molar refractivity (Wildman–Crippen MR) is 75.1 cm³/mol. The molecule has 0 aliphatic carbocycles. The lowest BCUT2D eigenvalue weighted by Gasteiger charge is -2.20. The molecule has 0 aliphatic rings. The minimum Gasteiger partial charge on any atom is -0.480 e. The number of carboxylic acids is 1. The first kappa shape index (κ1) is 16.7. The van der Waals surface area contributed by atoms with Crippen LogP contribution in [0.5, 0.6) is 0 Å². The Labute approximate surface area is 121 Å². The second-order valence-corrected chi connectivity index (χ2v) is 4.80. The lowest BCUT2D eigenvalue weighted by atomic mass is 9.99. The van der Waals surface area contributed by atoms with Crippen LogP contribution in [0.15, 0.2) is 12.3 Å². The Kier molecular flexibility index (Phi) is 5.45. The topological polar surface area (TPSA) is 114 Å². The summed E-state index contributed by atoms with van der Waals surface area (Å²) < 4.78 is 1.42. The van der Waals surface area contributed by atoms with Crippen LogP contribution in [0.2, 0.25) is 0 Å². The average Bonchev–Trinajstić information content (AvgIpc) is 2.87. The Bertz CT molecular complexity index is 552. The number of aryl methyl sites for hydroxylation is 1. The van der Waals surface area contributed by atoms with Crippen molar-refractivity contribution in [3.05, 3.63) is 28.1 Å². The molecule has 0 unspecified atom stereocenters. The van der Waals surface area contributed by atoms with E-state index < -0.39 is 22.8 Å². The highest BCUT2D eigenvalue weighted by Gasteiger charge is 2.27. The van der Waals surface area contributed by atoms with Crippen LogP contribution in [0.1, 0.15) is 37.7 Å². The number of amides is 1. The molecule has 8 heteroatoms. The van der Waals surface area contributed by atoms with E-state index in [0.717, 1.165) is 6.07 Å². The van der Waals surface area contributed by atoms with E-state index in [1.807, 2.05) is 6.92 Å². The summed E-state index contributed by atoms with van der Waals surface area (Å²) in [5, 5.41) is 22.3. The van der Waals surface area contributed by atoms with Crippen LogP contribution in [-0.2, 0) is 11.3 Å². The number of hydrogen-bond acceptors (Lipinski definition) is 4. The highest BCUT2D eigenvalue weighted by Crippen LogP contribution is 2.17. The van der Waals surface area contributed by atoms with Gasteiger partial charge in [0.1, 0.15) is 11.7 Å².